The SMILES string of the molecule is CCCNC(=O)c1ccc(NC(=O)c2ccc(F)cc2)cc1. The van der Waals surface area contributed by atoms with Crippen LogP contribution >= 0.6 is 0 Å². The smallest absolute Gasteiger partial charge is 0.255 e. The van der Waals surface area contributed by atoms with Gasteiger partial charge in [0, 0.05) is 23.4 Å². The second-order valence-electron chi connectivity index (χ2n) is 4.79. The lowest BCUT2D eigenvalue weighted by atomic mass is 10.1. The molecule has 0 aromatic heterocycles. The summed E-state index contributed by atoms with van der Waals surface area (Å²) in [5, 5.41) is 5.47. The highest BCUT2D eigenvalue weighted by atomic mass is 19.1. The van der Waals surface area contributed by atoms with Crippen LogP contribution in [0.3, 0.4) is 0 Å². The van der Waals surface area contributed by atoms with Crippen LogP contribution in [0.2, 0.25) is 0 Å². The van der Waals surface area contributed by atoms with Gasteiger partial charge in [-0.25, -0.2) is 4.39 Å². The minimum absolute atomic E-state index is 0.140. The number of benzene rings is 2. The summed E-state index contributed by atoms with van der Waals surface area (Å²) in [6.45, 7) is 2.61. The summed E-state index contributed by atoms with van der Waals surface area (Å²) in [5.41, 5.74) is 1.47. The molecule has 4 nitrogen and oxygen atoms in total. The Bertz CT molecular complexity index is 651. The molecule has 114 valence electrons. The van der Waals surface area contributed by atoms with Crippen molar-refractivity contribution in [3.05, 3.63) is 65.5 Å². The minimum atomic E-state index is -0.390. The molecule has 2 rings (SSSR count). The zero-order valence-corrected chi connectivity index (χ0v) is 12.2. The van der Waals surface area contributed by atoms with E-state index in [2.05, 4.69) is 10.6 Å². The number of carbonyl (C=O) groups excluding carboxylic acids is 2. The normalized spacial score (nSPS) is 10.1. The first-order valence-corrected chi connectivity index (χ1v) is 7.05. The van der Waals surface area contributed by atoms with Crippen LogP contribution in [-0.4, -0.2) is 18.4 Å². The van der Waals surface area contributed by atoms with Crippen molar-refractivity contribution in [3.63, 3.8) is 0 Å². The summed E-state index contributed by atoms with van der Waals surface area (Å²) in [5.74, 6) is -0.861. The molecule has 22 heavy (non-hydrogen) atoms. The highest BCUT2D eigenvalue weighted by Gasteiger charge is 2.08. The van der Waals surface area contributed by atoms with Crippen LogP contribution < -0.4 is 10.6 Å². The van der Waals surface area contributed by atoms with Crippen LogP contribution in [0.1, 0.15) is 34.1 Å². The Kier molecular flexibility index (Phi) is 5.25. The van der Waals surface area contributed by atoms with Gasteiger partial charge in [0.05, 0.1) is 0 Å². The average Bonchev–Trinajstić information content (AvgIpc) is 2.54. The first-order chi connectivity index (χ1) is 10.6. The van der Waals surface area contributed by atoms with Gasteiger partial charge in [-0.05, 0) is 55.0 Å². The lowest BCUT2D eigenvalue weighted by Crippen LogP contribution is -2.23. The lowest BCUT2D eigenvalue weighted by molar-refractivity contribution is 0.0953. The van der Waals surface area contributed by atoms with Crippen molar-refractivity contribution < 1.29 is 14.0 Å². The third kappa shape index (κ3) is 4.15. The molecule has 0 spiro atoms. The molecular weight excluding hydrogens is 283 g/mol. The molecule has 2 N–H and O–H groups in total. The summed E-state index contributed by atoms with van der Waals surface area (Å²) < 4.78 is 12.8. The van der Waals surface area contributed by atoms with Crippen molar-refractivity contribution in [3.8, 4) is 0 Å². The zero-order valence-electron chi connectivity index (χ0n) is 12.2. The van der Waals surface area contributed by atoms with Crippen molar-refractivity contribution >= 4 is 17.5 Å². The maximum absolute atomic E-state index is 12.8. The highest BCUT2D eigenvalue weighted by molar-refractivity contribution is 6.04. The van der Waals surface area contributed by atoms with E-state index in [0.29, 0.717) is 23.4 Å². The molecule has 5 heteroatoms. The largest absolute Gasteiger partial charge is 0.352 e. The molecule has 0 saturated carbocycles. The molecule has 0 aliphatic heterocycles. The number of amides is 2. The van der Waals surface area contributed by atoms with Crippen molar-refractivity contribution in [2.75, 3.05) is 11.9 Å². The molecule has 0 atom stereocenters. The van der Waals surface area contributed by atoms with Crippen LogP contribution in [0.25, 0.3) is 0 Å². The summed E-state index contributed by atoms with van der Waals surface area (Å²) in [7, 11) is 0. The Hall–Kier alpha value is -2.69. The number of hydrogen-bond acceptors (Lipinski definition) is 2. The van der Waals surface area contributed by atoms with E-state index >= 15 is 0 Å². The monoisotopic (exact) mass is 300 g/mol. The molecule has 0 radical (unpaired) electrons. The molecule has 2 aromatic carbocycles. The first-order valence-electron chi connectivity index (χ1n) is 7.05. The molecule has 0 saturated heterocycles. The fourth-order valence-corrected chi connectivity index (χ4v) is 1.85. The summed E-state index contributed by atoms with van der Waals surface area (Å²) in [4.78, 5) is 23.7. The van der Waals surface area contributed by atoms with Gasteiger partial charge in [0.2, 0.25) is 0 Å². The fraction of sp³-hybridized carbons (Fsp3) is 0.176. The molecule has 0 fully saturated rings. The molecule has 0 aliphatic rings. The van der Waals surface area contributed by atoms with Crippen molar-refractivity contribution in [1.29, 1.82) is 0 Å². The van der Waals surface area contributed by atoms with Crippen molar-refractivity contribution in [2.24, 2.45) is 0 Å². The van der Waals surface area contributed by atoms with Crippen LogP contribution in [0.15, 0.2) is 48.5 Å². The Labute approximate surface area is 128 Å². The van der Waals surface area contributed by atoms with Gasteiger partial charge in [0.25, 0.3) is 11.8 Å². The van der Waals surface area contributed by atoms with Gasteiger partial charge in [-0.2, -0.15) is 0 Å². The van der Waals surface area contributed by atoms with Crippen LogP contribution in [0, 0.1) is 5.82 Å². The molecule has 0 heterocycles. The van der Waals surface area contributed by atoms with Crippen LogP contribution in [0.4, 0.5) is 10.1 Å². The zero-order chi connectivity index (χ0) is 15.9. The number of nitrogens with one attached hydrogen (secondary N) is 2. The van der Waals surface area contributed by atoms with E-state index in [9.17, 15) is 14.0 Å². The number of anilines is 1. The van der Waals surface area contributed by atoms with E-state index in [0.717, 1.165) is 6.42 Å². The third-order valence-electron chi connectivity index (χ3n) is 3.05. The molecule has 0 bridgehead atoms. The Balaban J connectivity index is 2.00. The number of hydrogen-bond donors (Lipinski definition) is 2. The van der Waals surface area contributed by atoms with Gasteiger partial charge < -0.3 is 10.6 Å². The van der Waals surface area contributed by atoms with E-state index in [-0.39, 0.29) is 17.6 Å². The van der Waals surface area contributed by atoms with Gasteiger partial charge >= 0.3 is 0 Å². The molecule has 2 aromatic rings. The van der Waals surface area contributed by atoms with E-state index in [1.165, 1.54) is 24.3 Å². The van der Waals surface area contributed by atoms with Gasteiger partial charge in [-0.3, -0.25) is 9.59 Å². The van der Waals surface area contributed by atoms with E-state index in [1.54, 1.807) is 24.3 Å². The number of rotatable bonds is 5. The van der Waals surface area contributed by atoms with E-state index < -0.39 is 0 Å². The molecule has 0 aliphatic carbocycles. The second-order valence-corrected chi connectivity index (χ2v) is 4.79. The number of halogens is 1. The Morgan fingerprint density at radius 1 is 0.909 bits per heavy atom. The standard InChI is InChI=1S/C17H17FN2O2/c1-2-11-19-16(21)12-5-9-15(10-6-12)20-17(22)13-3-7-14(18)8-4-13/h3-10H,2,11H2,1H3,(H,19,21)(H,20,22). The summed E-state index contributed by atoms with van der Waals surface area (Å²) >= 11 is 0. The minimum Gasteiger partial charge on any atom is -0.352 e. The summed E-state index contributed by atoms with van der Waals surface area (Å²) in [6.07, 6.45) is 0.873. The van der Waals surface area contributed by atoms with Crippen LogP contribution in [0.5, 0.6) is 0 Å². The predicted molar refractivity (Wildman–Crippen MR) is 83.4 cm³/mol. The van der Waals surface area contributed by atoms with E-state index in [1.807, 2.05) is 6.92 Å². The van der Waals surface area contributed by atoms with Gasteiger partial charge in [-0.15, -0.1) is 0 Å². The van der Waals surface area contributed by atoms with Crippen LogP contribution in [-0.2, 0) is 0 Å². The topological polar surface area (TPSA) is 58.2 Å². The third-order valence-corrected chi connectivity index (χ3v) is 3.05. The maximum atomic E-state index is 12.8. The first kappa shape index (κ1) is 15.7. The second kappa shape index (κ2) is 7.36. The van der Waals surface area contributed by atoms with Gasteiger partial charge in [-0.1, -0.05) is 6.92 Å². The Morgan fingerprint density at radius 3 is 2.05 bits per heavy atom. The molecule has 2 amide bonds. The van der Waals surface area contributed by atoms with Crippen molar-refractivity contribution in [1.82, 2.24) is 5.32 Å². The molecule has 0 unspecified atom stereocenters. The number of carbonyl (C=O) groups is 2. The van der Waals surface area contributed by atoms with Crippen molar-refractivity contribution in [2.45, 2.75) is 13.3 Å². The lowest BCUT2D eigenvalue weighted by Gasteiger charge is -2.07. The van der Waals surface area contributed by atoms with E-state index in [4.69, 9.17) is 0 Å². The highest BCUT2D eigenvalue weighted by Crippen LogP contribution is 2.12. The molecular formula is C17H17FN2O2. The maximum Gasteiger partial charge on any atom is 0.255 e. The average molecular weight is 300 g/mol. The fourth-order valence-electron chi connectivity index (χ4n) is 1.85. The van der Waals surface area contributed by atoms with Gasteiger partial charge in [0.15, 0.2) is 0 Å². The van der Waals surface area contributed by atoms with Gasteiger partial charge in [0.1, 0.15) is 5.82 Å². The predicted octanol–water partition coefficient (Wildman–Crippen LogP) is 3.22. The summed E-state index contributed by atoms with van der Waals surface area (Å²) in [6, 6.07) is 11.9. The quantitative estimate of drug-likeness (QED) is 0.890. The Morgan fingerprint density at radius 2 is 1.45 bits per heavy atom.